The standard InChI is InChI=1S/C8H5F2IN2O/c9-7(10)6-4(1-2-12)5(14)3-13-8(6)11/h3,7,14H,1H2. The Morgan fingerprint density at radius 1 is 1.64 bits per heavy atom. The Kier molecular flexibility index (Phi) is 3.57. The summed E-state index contributed by atoms with van der Waals surface area (Å²) in [7, 11) is 0. The molecule has 1 rings (SSSR count). The molecule has 0 bridgehead atoms. The van der Waals surface area contributed by atoms with Gasteiger partial charge >= 0.3 is 0 Å². The molecule has 0 saturated heterocycles. The van der Waals surface area contributed by atoms with E-state index in [0.717, 1.165) is 6.20 Å². The number of rotatable bonds is 2. The van der Waals surface area contributed by atoms with E-state index in [1.54, 1.807) is 28.7 Å². The highest BCUT2D eigenvalue weighted by Gasteiger charge is 2.20. The van der Waals surface area contributed by atoms with Crippen molar-refractivity contribution in [3.8, 4) is 11.8 Å². The van der Waals surface area contributed by atoms with Gasteiger partial charge in [0.05, 0.1) is 24.3 Å². The van der Waals surface area contributed by atoms with Crippen LogP contribution in [-0.4, -0.2) is 10.1 Å². The van der Waals surface area contributed by atoms with Gasteiger partial charge < -0.3 is 5.11 Å². The number of nitrogens with zero attached hydrogens (tertiary/aromatic N) is 2. The normalized spacial score (nSPS) is 10.2. The van der Waals surface area contributed by atoms with Gasteiger partial charge in [0.2, 0.25) is 0 Å². The number of hydrogen-bond donors (Lipinski definition) is 1. The molecule has 0 aliphatic heterocycles. The second kappa shape index (κ2) is 4.50. The number of nitriles is 1. The van der Waals surface area contributed by atoms with Gasteiger partial charge in [-0.2, -0.15) is 5.26 Å². The van der Waals surface area contributed by atoms with Gasteiger partial charge in [0, 0.05) is 5.56 Å². The summed E-state index contributed by atoms with van der Waals surface area (Å²) in [6.45, 7) is 0. The summed E-state index contributed by atoms with van der Waals surface area (Å²) >= 11 is 1.65. The lowest BCUT2D eigenvalue weighted by Crippen LogP contribution is -2.00. The van der Waals surface area contributed by atoms with Crippen molar-refractivity contribution in [2.45, 2.75) is 12.8 Å². The highest BCUT2D eigenvalue weighted by atomic mass is 127. The van der Waals surface area contributed by atoms with E-state index >= 15 is 0 Å². The molecule has 0 aliphatic rings. The molecule has 0 saturated carbocycles. The second-order valence-electron chi connectivity index (χ2n) is 2.46. The number of aromatic nitrogens is 1. The third kappa shape index (κ3) is 2.09. The van der Waals surface area contributed by atoms with E-state index in [4.69, 9.17) is 5.26 Å². The van der Waals surface area contributed by atoms with Crippen molar-refractivity contribution in [3.63, 3.8) is 0 Å². The monoisotopic (exact) mass is 310 g/mol. The van der Waals surface area contributed by atoms with Crippen LogP contribution in [0, 0.1) is 15.0 Å². The maximum absolute atomic E-state index is 12.5. The number of aromatic hydroxyl groups is 1. The van der Waals surface area contributed by atoms with Crippen LogP contribution in [0.15, 0.2) is 6.20 Å². The highest BCUT2D eigenvalue weighted by molar-refractivity contribution is 14.1. The molecule has 0 unspecified atom stereocenters. The van der Waals surface area contributed by atoms with E-state index in [9.17, 15) is 13.9 Å². The fraction of sp³-hybridized carbons (Fsp3) is 0.250. The first-order valence-electron chi connectivity index (χ1n) is 3.59. The number of hydrogen-bond acceptors (Lipinski definition) is 3. The Balaban J connectivity index is 3.35. The number of alkyl halides is 2. The fourth-order valence-corrected chi connectivity index (χ4v) is 1.71. The lowest BCUT2D eigenvalue weighted by atomic mass is 10.1. The minimum atomic E-state index is -2.73. The Morgan fingerprint density at radius 2 is 2.29 bits per heavy atom. The van der Waals surface area contributed by atoms with E-state index in [-0.39, 0.29) is 27.0 Å². The molecule has 14 heavy (non-hydrogen) atoms. The zero-order valence-electron chi connectivity index (χ0n) is 6.84. The predicted octanol–water partition coefficient (Wildman–Crippen LogP) is 2.40. The summed E-state index contributed by atoms with van der Waals surface area (Å²) < 4.78 is 25.2. The smallest absolute Gasteiger partial charge is 0.266 e. The molecule has 0 amide bonds. The predicted molar refractivity (Wildman–Crippen MR) is 52.9 cm³/mol. The topological polar surface area (TPSA) is 56.9 Å². The van der Waals surface area contributed by atoms with E-state index < -0.39 is 6.43 Å². The van der Waals surface area contributed by atoms with Crippen molar-refractivity contribution in [1.82, 2.24) is 4.98 Å². The van der Waals surface area contributed by atoms with E-state index in [0.29, 0.717) is 0 Å². The van der Waals surface area contributed by atoms with Crippen LogP contribution in [0.4, 0.5) is 8.78 Å². The Morgan fingerprint density at radius 3 is 2.79 bits per heavy atom. The average molecular weight is 310 g/mol. The molecule has 0 aromatic carbocycles. The van der Waals surface area contributed by atoms with E-state index in [1.165, 1.54) is 0 Å². The molecule has 1 aromatic rings. The van der Waals surface area contributed by atoms with Gasteiger partial charge in [-0.25, -0.2) is 13.8 Å². The molecule has 0 fully saturated rings. The van der Waals surface area contributed by atoms with Crippen LogP contribution in [0.5, 0.6) is 5.75 Å². The highest BCUT2D eigenvalue weighted by Crippen LogP contribution is 2.31. The molecule has 1 aromatic heterocycles. The van der Waals surface area contributed by atoms with Crippen LogP contribution in [-0.2, 0) is 6.42 Å². The van der Waals surface area contributed by atoms with E-state index in [2.05, 4.69) is 4.98 Å². The van der Waals surface area contributed by atoms with Crippen molar-refractivity contribution in [2.75, 3.05) is 0 Å². The number of halogens is 3. The molecule has 0 radical (unpaired) electrons. The van der Waals surface area contributed by atoms with Crippen molar-refractivity contribution in [1.29, 1.82) is 5.26 Å². The first-order chi connectivity index (χ1) is 6.57. The first-order valence-corrected chi connectivity index (χ1v) is 4.67. The Labute approximate surface area is 92.5 Å². The van der Waals surface area contributed by atoms with Crippen LogP contribution >= 0.6 is 22.6 Å². The van der Waals surface area contributed by atoms with Gasteiger partial charge in [-0.1, -0.05) is 0 Å². The quantitative estimate of drug-likeness (QED) is 0.674. The van der Waals surface area contributed by atoms with Crippen molar-refractivity contribution in [2.24, 2.45) is 0 Å². The third-order valence-corrected chi connectivity index (χ3v) is 2.49. The summed E-state index contributed by atoms with van der Waals surface area (Å²) in [6, 6.07) is 1.72. The minimum absolute atomic E-state index is 0.0399. The van der Waals surface area contributed by atoms with E-state index in [1.807, 2.05) is 0 Å². The first kappa shape index (κ1) is 11.1. The van der Waals surface area contributed by atoms with Crippen molar-refractivity contribution in [3.05, 3.63) is 21.0 Å². The van der Waals surface area contributed by atoms with Gasteiger partial charge in [-0.05, 0) is 22.6 Å². The van der Waals surface area contributed by atoms with Crippen LogP contribution in [0.25, 0.3) is 0 Å². The second-order valence-corrected chi connectivity index (χ2v) is 3.48. The Bertz CT molecular complexity index is 390. The van der Waals surface area contributed by atoms with Gasteiger partial charge in [0.15, 0.2) is 0 Å². The molecular weight excluding hydrogens is 305 g/mol. The summed E-state index contributed by atoms with van der Waals surface area (Å²) in [4.78, 5) is 3.59. The number of pyridine rings is 1. The van der Waals surface area contributed by atoms with Gasteiger partial charge in [-0.3, -0.25) is 0 Å². The molecule has 6 heteroatoms. The van der Waals surface area contributed by atoms with Crippen LogP contribution in [0.1, 0.15) is 17.6 Å². The maximum atomic E-state index is 12.5. The lowest BCUT2D eigenvalue weighted by Gasteiger charge is -2.08. The van der Waals surface area contributed by atoms with Crippen molar-refractivity contribution < 1.29 is 13.9 Å². The molecule has 0 spiro atoms. The van der Waals surface area contributed by atoms with Gasteiger partial charge in [0.1, 0.15) is 9.45 Å². The van der Waals surface area contributed by atoms with Gasteiger partial charge in [0.25, 0.3) is 6.43 Å². The van der Waals surface area contributed by atoms with Gasteiger partial charge in [-0.15, -0.1) is 0 Å². The van der Waals surface area contributed by atoms with Crippen LogP contribution in [0.3, 0.4) is 0 Å². The average Bonchev–Trinajstić information content (AvgIpc) is 2.11. The molecular formula is C8H5F2IN2O. The van der Waals surface area contributed by atoms with Crippen LogP contribution in [0.2, 0.25) is 0 Å². The molecule has 1 heterocycles. The Hall–Kier alpha value is -0.970. The molecule has 3 nitrogen and oxygen atoms in total. The summed E-state index contributed by atoms with van der Waals surface area (Å²) in [5.74, 6) is -0.359. The molecule has 74 valence electrons. The zero-order valence-corrected chi connectivity index (χ0v) is 8.99. The molecule has 1 N–H and O–H groups in total. The largest absolute Gasteiger partial charge is 0.506 e. The summed E-state index contributed by atoms with van der Waals surface area (Å²) in [5, 5.41) is 17.7. The molecule has 0 atom stereocenters. The fourth-order valence-electron chi connectivity index (χ4n) is 1.01. The summed E-state index contributed by atoms with van der Waals surface area (Å²) in [5.41, 5.74) is -0.394. The maximum Gasteiger partial charge on any atom is 0.266 e. The van der Waals surface area contributed by atoms with Crippen LogP contribution < -0.4 is 0 Å². The molecule has 0 aliphatic carbocycles. The minimum Gasteiger partial charge on any atom is -0.506 e. The van der Waals surface area contributed by atoms with Crippen molar-refractivity contribution >= 4 is 22.6 Å². The summed E-state index contributed by atoms with van der Waals surface area (Å²) in [6.07, 6.45) is -1.91. The third-order valence-electron chi connectivity index (χ3n) is 1.63. The SMILES string of the molecule is N#CCc1c(O)cnc(I)c1C(F)F. The zero-order chi connectivity index (χ0) is 10.7. The lowest BCUT2D eigenvalue weighted by molar-refractivity contribution is 0.148.